The second-order valence-electron chi connectivity index (χ2n) is 12.9. The third kappa shape index (κ3) is 6.28. The highest BCUT2D eigenvalue weighted by Gasteiger charge is 2.64. The van der Waals surface area contributed by atoms with Gasteiger partial charge in [-0.3, -0.25) is 19.2 Å². The van der Waals surface area contributed by atoms with Gasteiger partial charge in [0, 0.05) is 39.7 Å². The number of carbonyl (C=O) groups excluding carboxylic acids is 5. The number of hydrogen-bond acceptors (Lipinski definition) is 9. The van der Waals surface area contributed by atoms with Crippen LogP contribution in [0.15, 0.2) is 59.7 Å². The van der Waals surface area contributed by atoms with Gasteiger partial charge in [0.05, 0.1) is 5.41 Å². The minimum absolute atomic E-state index is 0.0475. The Morgan fingerprint density at radius 3 is 2.09 bits per heavy atom. The molecule has 9 nitrogen and oxygen atoms in total. The number of Topliss-reactive ketones (excluding diaryl/α,β-unsaturated/α-hetero) is 1. The Kier molecular flexibility index (Phi) is 9.37. The minimum atomic E-state index is -1.17. The van der Waals surface area contributed by atoms with Crippen LogP contribution in [0.4, 0.5) is 0 Å². The number of fused-ring (bicyclic) bond motifs is 3. The summed E-state index contributed by atoms with van der Waals surface area (Å²) in [4.78, 5) is 64.2. The fraction of sp³-hybridized carbons (Fsp3) is 0.514. The fourth-order valence-electron chi connectivity index (χ4n) is 7.51. The van der Waals surface area contributed by atoms with E-state index >= 15 is 0 Å². The summed E-state index contributed by atoms with van der Waals surface area (Å²) in [7, 11) is 0. The number of carbonyl (C=O) groups is 5. The Morgan fingerprint density at radius 2 is 1.50 bits per heavy atom. The zero-order valence-corrected chi connectivity index (χ0v) is 26.5. The SMILES string of the molecule is C=C1[C@@H](OC(=O)/C=C\c2ccccc2)C[C@H](OC(C)=O)[C@]2(C)[C@@H]1C[C@H]1CC(=O)C(C)=C([C@@H](OC(C)=O)[C@@H]2OC(C)=O)C1(C)C. The van der Waals surface area contributed by atoms with E-state index in [0.717, 1.165) is 5.56 Å². The summed E-state index contributed by atoms with van der Waals surface area (Å²) >= 11 is 0. The Bertz CT molecular complexity index is 1420. The molecule has 4 rings (SSSR count). The second-order valence-corrected chi connectivity index (χ2v) is 12.9. The van der Waals surface area contributed by atoms with Crippen LogP contribution in [0.5, 0.6) is 0 Å². The van der Waals surface area contributed by atoms with Crippen molar-refractivity contribution < 1.29 is 42.9 Å². The molecule has 0 amide bonds. The molecule has 2 bridgehead atoms. The number of hydrogen-bond donors (Lipinski definition) is 0. The molecule has 2 fully saturated rings. The van der Waals surface area contributed by atoms with Gasteiger partial charge in [0.25, 0.3) is 0 Å². The maximum absolute atomic E-state index is 13.4. The summed E-state index contributed by atoms with van der Waals surface area (Å²) in [6.07, 6.45) is -0.379. The molecule has 0 heterocycles. The van der Waals surface area contributed by atoms with Crippen molar-refractivity contribution in [3.05, 3.63) is 65.3 Å². The number of esters is 4. The highest BCUT2D eigenvalue weighted by molar-refractivity contribution is 5.97. The van der Waals surface area contributed by atoms with Gasteiger partial charge in [-0.1, -0.05) is 57.7 Å². The van der Waals surface area contributed by atoms with E-state index < -0.39 is 65.0 Å². The molecular weight excluding hydrogens is 564 g/mol. The average Bonchev–Trinajstić information content (AvgIpc) is 2.93. The predicted octanol–water partition coefficient (Wildman–Crippen LogP) is 5.32. The van der Waals surface area contributed by atoms with Crippen LogP contribution in [-0.4, -0.2) is 54.1 Å². The van der Waals surface area contributed by atoms with Crippen molar-refractivity contribution in [2.45, 2.75) is 92.1 Å². The van der Waals surface area contributed by atoms with Crippen LogP contribution < -0.4 is 0 Å². The van der Waals surface area contributed by atoms with Crippen molar-refractivity contribution in [3.63, 3.8) is 0 Å². The van der Waals surface area contributed by atoms with Gasteiger partial charge in [-0.25, -0.2) is 4.79 Å². The summed E-state index contributed by atoms with van der Waals surface area (Å²) in [6.45, 7) is 15.7. The van der Waals surface area contributed by atoms with Crippen LogP contribution in [0.2, 0.25) is 0 Å². The predicted molar refractivity (Wildman–Crippen MR) is 162 cm³/mol. The Hall–Kier alpha value is -4.01. The first-order chi connectivity index (χ1) is 20.6. The van der Waals surface area contributed by atoms with Gasteiger partial charge in [0.1, 0.15) is 12.2 Å². The van der Waals surface area contributed by atoms with E-state index in [1.165, 1.54) is 26.8 Å². The van der Waals surface area contributed by atoms with E-state index in [2.05, 4.69) is 6.58 Å². The van der Waals surface area contributed by atoms with Crippen molar-refractivity contribution in [3.8, 4) is 0 Å². The normalized spacial score (nSPS) is 31.3. The molecule has 0 aliphatic heterocycles. The second kappa shape index (κ2) is 12.5. The van der Waals surface area contributed by atoms with Gasteiger partial charge >= 0.3 is 23.9 Å². The lowest BCUT2D eigenvalue weighted by Gasteiger charge is -2.59. The van der Waals surface area contributed by atoms with Crippen molar-refractivity contribution in [2.75, 3.05) is 0 Å². The molecule has 3 aliphatic rings. The molecular formula is C35H42O9. The zero-order valence-electron chi connectivity index (χ0n) is 26.5. The fourth-order valence-corrected chi connectivity index (χ4v) is 7.51. The quantitative estimate of drug-likeness (QED) is 0.183. The molecule has 0 aromatic heterocycles. The van der Waals surface area contributed by atoms with Gasteiger partial charge in [0.2, 0.25) is 0 Å². The Morgan fingerprint density at radius 1 is 0.886 bits per heavy atom. The third-order valence-corrected chi connectivity index (χ3v) is 9.76. The monoisotopic (exact) mass is 606 g/mol. The van der Waals surface area contributed by atoms with Crippen molar-refractivity contribution >= 4 is 35.7 Å². The van der Waals surface area contributed by atoms with Crippen LogP contribution in [0, 0.1) is 22.7 Å². The highest BCUT2D eigenvalue weighted by Crippen LogP contribution is 2.60. The smallest absolute Gasteiger partial charge is 0.331 e. The molecule has 0 saturated heterocycles. The number of ether oxygens (including phenoxy) is 4. The summed E-state index contributed by atoms with van der Waals surface area (Å²) < 4.78 is 23.8. The standard InChI is InChI=1S/C35H42O9/c1-19-26-16-25-17-27(39)20(2)31(34(25,6)7)32(42-22(4)37)33(43-23(5)38)35(26,8)29(41-21(3)36)18-28(19)44-30(40)15-14-24-12-10-9-11-13-24/h9-15,25-26,28-29,32-33H,1,16-18H2,2-8H3/b15-14-/t25-,26+,28-,29-,32+,33-,35-/m0/s1. The van der Waals surface area contributed by atoms with E-state index in [1.54, 1.807) is 13.0 Å². The lowest BCUT2D eigenvalue weighted by atomic mass is 9.49. The molecule has 0 N–H and O–H groups in total. The lowest BCUT2D eigenvalue weighted by Crippen LogP contribution is -2.64. The van der Waals surface area contributed by atoms with E-state index in [-0.39, 0.29) is 24.5 Å². The van der Waals surface area contributed by atoms with Crippen LogP contribution >= 0.6 is 0 Å². The van der Waals surface area contributed by atoms with E-state index in [4.69, 9.17) is 18.9 Å². The summed E-state index contributed by atoms with van der Waals surface area (Å²) in [6, 6.07) is 9.29. The number of ketones is 1. The van der Waals surface area contributed by atoms with Crippen molar-refractivity contribution in [1.82, 2.24) is 0 Å². The topological polar surface area (TPSA) is 122 Å². The lowest BCUT2D eigenvalue weighted by molar-refractivity contribution is -0.211. The summed E-state index contributed by atoms with van der Waals surface area (Å²) in [5.41, 5.74) is 0.615. The van der Waals surface area contributed by atoms with Crippen molar-refractivity contribution in [1.29, 1.82) is 0 Å². The van der Waals surface area contributed by atoms with Gasteiger partial charge < -0.3 is 18.9 Å². The van der Waals surface area contributed by atoms with Gasteiger partial charge in [-0.2, -0.15) is 0 Å². The number of rotatable bonds is 6. The molecule has 1 aromatic rings. The first-order valence-corrected chi connectivity index (χ1v) is 15.0. The first-order valence-electron chi connectivity index (χ1n) is 15.0. The van der Waals surface area contributed by atoms with Gasteiger partial charge in [-0.15, -0.1) is 0 Å². The largest absolute Gasteiger partial charge is 0.462 e. The Labute approximate surface area is 258 Å². The summed E-state index contributed by atoms with van der Waals surface area (Å²) in [5, 5.41) is 0. The zero-order chi connectivity index (χ0) is 32.6. The molecule has 0 spiro atoms. The van der Waals surface area contributed by atoms with Crippen LogP contribution in [0.1, 0.15) is 73.3 Å². The average molecular weight is 607 g/mol. The van der Waals surface area contributed by atoms with E-state index in [9.17, 15) is 24.0 Å². The molecule has 2 saturated carbocycles. The molecule has 9 heteroatoms. The molecule has 3 aliphatic carbocycles. The number of benzene rings is 1. The Balaban J connectivity index is 1.86. The van der Waals surface area contributed by atoms with Crippen LogP contribution in [0.25, 0.3) is 6.08 Å². The maximum atomic E-state index is 13.4. The number of allylic oxidation sites excluding steroid dienone is 1. The first kappa shape index (κ1) is 32.9. The molecule has 0 unspecified atom stereocenters. The molecule has 0 radical (unpaired) electrons. The molecule has 44 heavy (non-hydrogen) atoms. The maximum Gasteiger partial charge on any atom is 0.331 e. The van der Waals surface area contributed by atoms with E-state index in [1.807, 2.05) is 51.1 Å². The van der Waals surface area contributed by atoms with E-state index in [0.29, 0.717) is 23.1 Å². The summed E-state index contributed by atoms with van der Waals surface area (Å²) in [5.74, 6) is -3.29. The third-order valence-electron chi connectivity index (χ3n) is 9.76. The van der Waals surface area contributed by atoms with Gasteiger partial charge in [0.15, 0.2) is 18.0 Å². The highest BCUT2D eigenvalue weighted by atomic mass is 16.6. The van der Waals surface area contributed by atoms with Crippen molar-refractivity contribution in [2.24, 2.45) is 22.7 Å². The molecule has 236 valence electrons. The molecule has 7 atom stereocenters. The molecule has 1 aromatic carbocycles. The minimum Gasteiger partial charge on any atom is -0.462 e. The van der Waals surface area contributed by atoms with Gasteiger partial charge in [-0.05, 0) is 59.0 Å². The van der Waals surface area contributed by atoms with Crippen LogP contribution in [0.3, 0.4) is 0 Å². The van der Waals surface area contributed by atoms with Crippen LogP contribution in [-0.2, 0) is 42.9 Å².